The maximum atomic E-state index is 10.5. The van der Waals surface area contributed by atoms with Gasteiger partial charge < -0.3 is 9.90 Å². The van der Waals surface area contributed by atoms with Crippen molar-refractivity contribution >= 4 is 39.3 Å². The lowest BCUT2D eigenvalue weighted by molar-refractivity contribution is -0.255. The molecule has 7 heteroatoms. The Bertz CT molecular complexity index is 1190. The van der Waals surface area contributed by atoms with E-state index in [0.717, 1.165) is 24.3 Å². The lowest BCUT2D eigenvalue weighted by Crippen LogP contribution is -2.30. The number of carbonyl (C=O) groups is 1. The molecule has 0 saturated heterocycles. The van der Waals surface area contributed by atoms with Crippen LogP contribution in [-0.4, -0.2) is 25.6 Å². The predicted molar refractivity (Wildman–Crippen MR) is 132 cm³/mol. The van der Waals surface area contributed by atoms with E-state index in [4.69, 9.17) is 4.55 Å². The van der Waals surface area contributed by atoms with Crippen LogP contribution in [0.4, 0.5) is 0 Å². The van der Waals surface area contributed by atoms with Gasteiger partial charge >= 0.3 is 0 Å². The van der Waals surface area contributed by atoms with Crippen LogP contribution >= 0.6 is 7.26 Å². The van der Waals surface area contributed by atoms with E-state index in [1.807, 2.05) is 0 Å². The van der Waals surface area contributed by atoms with Crippen LogP contribution in [0.5, 0.6) is 0 Å². The monoisotopic (exact) mass is 478 g/mol. The smallest absolute Gasteiger partial charge is 0.294 e. The molecule has 0 aliphatic carbocycles. The van der Waals surface area contributed by atoms with Crippen LogP contribution < -0.4 is 21.0 Å². The topological polar surface area (TPSA) is 94.5 Å². The molecule has 4 aromatic carbocycles. The normalized spacial score (nSPS) is 11.2. The second-order valence-corrected chi connectivity index (χ2v) is 12.3. The van der Waals surface area contributed by atoms with Crippen LogP contribution in [-0.2, 0) is 10.1 Å². The van der Waals surface area contributed by atoms with Crippen LogP contribution in [0.3, 0.4) is 0 Å². The Kier molecular flexibility index (Phi) is 7.77. The molecule has 0 saturated carbocycles. The number of hydrogen-bond donors (Lipinski definition) is 1. The first-order chi connectivity index (χ1) is 15.7. The summed E-state index contributed by atoms with van der Waals surface area (Å²) in [5.74, 6) is -1.40. The number of rotatable bonds is 5. The maximum absolute atomic E-state index is 10.5. The van der Waals surface area contributed by atoms with E-state index in [1.165, 1.54) is 15.9 Å². The molecule has 0 radical (unpaired) electrons. The fraction of sp³-hybridized carbons (Fsp3) is 0.0385. The molecule has 0 unspecified atom stereocenters. The third kappa shape index (κ3) is 5.93. The molecule has 168 valence electrons. The van der Waals surface area contributed by atoms with Gasteiger partial charge in [0.05, 0.1) is 17.5 Å². The molecule has 0 atom stereocenters. The summed E-state index contributed by atoms with van der Waals surface area (Å²) >= 11 is 0. The van der Waals surface area contributed by atoms with Crippen molar-refractivity contribution in [3.05, 3.63) is 121 Å². The zero-order valence-corrected chi connectivity index (χ0v) is 19.6. The Morgan fingerprint density at radius 2 is 1.00 bits per heavy atom. The Morgan fingerprint density at radius 1 is 0.667 bits per heavy atom. The first kappa shape index (κ1) is 24.3. The molecular weight excluding hydrogens is 455 g/mol. The van der Waals surface area contributed by atoms with Gasteiger partial charge in [-0.3, -0.25) is 4.55 Å². The Hall–Kier alpha value is -3.31. The quantitative estimate of drug-likeness (QED) is 0.352. The van der Waals surface area contributed by atoms with Crippen molar-refractivity contribution in [2.24, 2.45) is 0 Å². The van der Waals surface area contributed by atoms with E-state index >= 15 is 0 Å². The van der Waals surface area contributed by atoms with Crippen LogP contribution in [0.25, 0.3) is 0 Å². The minimum absolute atomic E-state index is 0.146. The van der Waals surface area contributed by atoms with Gasteiger partial charge in [-0.2, -0.15) is 8.42 Å². The van der Waals surface area contributed by atoms with Crippen molar-refractivity contribution < 1.29 is 22.9 Å². The fourth-order valence-electron chi connectivity index (χ4n) is 3.39. The van der Waals surface area contributed by atoms with Gasteiger partial charge in [-0.15, -0.1) is 0 Å². The number of carboxylic acid groups (broad SMARTS) is 1. The van der Waals surface area contributed by atoms with Gasteiger partial charge in [-0.05, 0) is 54.1 Å². The average molecular weight is 479 g/mol. The van der Waals surface area contributed by atoms with E-state index in [-0.39, 0.29) is 10.5 Å². The van der Waals surface area contributed by atoms with Crippen LogP contribution in [0, 0.1) is 0 Å². The third-order valence-electron chi connectivity index (χ3n) is 5.21. The minimum Gasteiger partial charge on any atom is -0.545 e. The standard InChI is InChI=1S/C19H18P.C7H6O5S/c1-20(17-11-5-2-6-12-17,18-13-7-3-8-14-18)19-15-9-4-10-16-19;8-7(9)5-1-3-6(4-2-5)13(10,11)12/h2-16H,1H3;1-4H,(H,8,9)(H,10,11,12)/q+1;/p-1. The number of aromatic carboxylic acids is 1. The van der Waals surface area contributed by atoms with Crippen molar-refractivity contribution in [1.29, 1.82) is 0 Å². The van der Waals surface area contributed by atoms with E-state index in [2.05, 4.69) is 97.7 Å². The minimum atomic E-state index is -4.26. The molecule has 0 aliphatic rings. The molecule has 0 fully saturated rings. The van der Waals surface area contributed by atoms with Crippen molar-refractivity contribution in [3.63, 3.8) is 0 Å². The van der Waals surface area contributed by atoms with Crippen molar-refractivity contribution in [1.82, 2.24) is 0 Å². The van der Waals surface area contributed by atoms with Crippen molar-refractivity contribution in [2.75, 3.05) is 6.66 Å². The molecule has 4 rings (SSSR count). The summed E-state index contributed by atoms with van der Waals surface area (Å²) < 4.78 is 29.5. The summed E-state index contributed by atoms with van der Waals surface area (Å²) in [6.45, 7) is 2.41. The molecule has 0 heterocycles. The first-order valence-electron chi connectivity index (χ1n) is 10.0. The van der Waals surface area contributed by atoms with E-state index < -0.39 is 23.3 Å². The lowest BCUT2D eigenvalue weighted by Gasteiger charge is -2.22. The number of carbonyl (C=O) groups excluding carboxylic acids is 1. The highest BCUT2D eigenvalue weighted by atomic mass is 32.2. The molecule has 0 spiro atoms. The summed E-state index contributed by atoms with van der Waals surface area (Å²) in [6.07, 6.45) is 0. The summed E-state index contributed by atoms with van der Waals surface area (Å²) in [5.41, 5.74) is -0.146. The largest absolute Gasteiger partial charge is 0.545 e. The second kappa shape index (κ2) is 10.5. The highest BCUT2D eigenvalue weighted by Crippen LogP contribution is 2.51. The SMILES string of the molecule is C[P+](c1ccccc1)(c1ccccc1)c1ccccc1.O=C([O-])c1ccc(S(=O)(=O)O)cc1. The average Bonchev–Trinajstić information content (AvgIpc) is 2.85. The summed E-state index contributed by atoms with van der Waals surface area (Å²) in [4.78, 5) is 9.89. The van der Waals surface area contributed by atoms with Gasteiger partial charge in [-0.1, -0.05) is 66.7 Å². The lowest BCUT2D eigenvalue weighted by atomic mass is 10.2. The van der Waals surface area contributed by atoms with Crippen molar-refractivity contribution in [2.45, 2.75) is 4.90 Å². The Morgan fingerprint density at radius 3 is 1.27 bits per heavy atom. The number of carboxylic acids is 1. The van der Waals surface area contributed by atoms with Gasteiger partial charge in [0.2, 0.25) is 0 Å². The van der Waals surface area contributed by atoms with Gasteiger partial charge in [0.25, 0.3) is 10.1 Å². The Labute approximate surface area is 194 Å². The summed E-state index contributed by atoms with van der Waals surface area (Å²) in [6, 6.07) is 36.7. The van der Waals surface area contributed by atoms with Crippen molar-refractivity contribution in [3.8, 4) is 0 Å². The number of benzene rings is 4. The highest BCUT2D eigenvalue weighted by Gasteiger charge is 2.39. The van der Waals surface area contributed by atoms with Crippen LogP contribution in [0.15, 0.2) is 120 Å². The fourth-order valence-corrected chi connectivity index (χ4v) is 7.07. The van der Waals surface area contributed by atoms with Gasteiger partial charge in [0.1, 0.15) is 23.2 Å². The second-order valence-electron chi connectivity index (χ2n) is 7.30. The van der Waals surface area contributed by atoms with Crippen LogP contribution in [0.2, 0.25) is 0 Å². The first-order valence-corrected chi connectivity index (χ1v) is 13.7. The number of hydrogen-bond acceptors (Lipinski definition) is 4. The maximum Gasteiger partial charge on any atom is 0.294 e. The summed E-state index contributed by atoms with van der Waals surface area (Å²) in [5, 5.41) is 14.5. The van der Waals surface area contributed by atoms with E-state index in [9.17, 15) is 18.3 Å². The van der Waals surface area contributed by atoms with Gasteiger partial charge in [0.15, 0.2) is 0 Å². The molecule has 5 nitrogen and oxygen atoms in total. The molecule has 1 N–H and O–H groups in total. The molecule has 0 bridgehead atoms. The predicted octanol–water partition coefficient (Wildman–Crippen LogP) is 2.91. The molecule has 0 aromatic heterocycles. The Balaban J connectivity index is 0.000000205. The molecule has 0 aliphatic heterocycles. The van der Waals surface area contributed by atoms with E-state index in [1.54, 1.807) is 0 Å². The highest BCUT2D eigenvalue weighted by molar-refractivity contribution is 7.95. The van der Waals surface area contributed by atoms with E-state index in [0.29, 0.717) is 0 Å². The van der Waals surface area contributed by atoms with Gasteiger partial charge in [-0.25, -0.2) is 0 Å². The zero-order chi connectivity index (χ0) is 23.9. The van der Waals surface area contributed by atoms with Gasteiger partial charge in [0, 0.05) is 0 Å². The zero-order valence-electron chi connectivity index (χ0n) is 17.9. The van der Waals surface area contributed by atoms with Crippen LogP contribution in [0.1, 0.15) is 10.4 Å². The molecule has 33 heavy (non-hydrogen) atoms. The third-order valence-corrected chi connectivity index (χ3v) is 10.1. The summed E-state index contributed by atoms with van der Waals surface area (Å²) in [7, 11) is -5.79. The molecule has 4 aromatic rings. The molecule has 0 amide bonds. The molecular formula is C26H23O5PS.